The Hall–Kier alpha value is -2.84. The highest BCUT2D eigenvalue weighted by atomic mass is 32.1. The Morgan fingerprint density at radius 1 is 1.03 bits per heavy atom. The van der Waals surface area contributed by atoms with Gasteiger partial charge in [0, 0.05) is 19.5 Å². The van der Waals surface area contributed by atoms with E-state index in [2.05, 4.69) is 0 Å². The standard InChI is InChI=1S/C25H35N3O4S/c1-24(2,3)22(29)32-25(4,16-18-9-7-6-8-10-18)28(23(27)33)17-19-11-12-20(31-14-13-26)21(15-19)30-5/h6-12,15H,13-14,16-17,26H2,1-5H3,(H2,27,33)/t25-/m1/s1. The molecular weight excluding hydrogens is 438 g/mol. The summed E-state index contributed by atoms with van der Waals surface area (Å²) in [5, 5.41) is 0.123. The zero-order valence-electron chi connectivity index (χ0n) is 20.1. The second kappa shape index (κ2) is 11.3. The zero-order valence-corrected chi connectivity index (χ0v) is 20.9. The molecule has 0 aliphatic rings. The third kappa shape index (κ3) is 7.33. The SMILES string of the molecule is COc1cc(CN(C(N)=S)[C@@](C)(Cc2ccccc2)OC(=O)C(C)(C)C)ccc1OCCN. The maximum Gasteiger partial charge on any atom is 0.313 e. The van der Waals surface area contributed by atoms with E-state index in [9.17, 15) is 4.79 Å². The molecule has 0 spiro atoms. The number of benzene rings is 2. The van der Waals surface area contributed by atoms with Crippen molar-refractivity contribution in [1.29, 1.82) is 0 Å². The molecule has 2 aromatic rings. The highest BCUT2D eigenvalue weighted by Crippen LogP contribution is 2.32. The molecule has 4 N–H and O–H groups in total. The van der Waals surface area contributed by atoms with E-state index in [-0.39, 0.29) is 11.1 Å². The number of carbonyl (C=O) groups is 1. The lowest BCUT2D eigenvalue weighted by Gasteiger charge is -2.42. The smallest absolute Gasteiger partial charge is 0.313 e. The second-order valence-corrected chi connectivity index (χ2v) is 9.44. The van der Waals surface area contributed by atoms with Gasteiger partial charge in [-0.25, -0.2) is 0 Å². The van der Waals surface area contributed by atoms with Gasteiger partial charge in [-0.15, -0.1) is 0 Å². The van der Waals surface area contributed by atoms with E-state index < -0.39 is 11.1 Å². The summed E-state index contributed by atoms with van der Waals surface area (Å²) in [5.41, 5.74) is 11.8. The summed E-state index contributed by atoms with van der Waals surface area (Å²) < 4.78 is 17.2. The Bertz CT molecular complexity index is 946. The van der Waals surface area contributed by atoms with Crippen LogP contribution in [0.3, 0.4) is 0 Å². The van der Waals surface area contributed by atoms with E-state index in [1.807, 2.05) is 76.2 Å². The van der Waals surface area contributed by atoms with E-state index in [0.717, 1.165) is 11.1 Å². The first-order chi connectivity index (χ1) is 15.5. The number of hydrogen-bond acceptors (Lipinski definition) is 6. The largest absolute Gasteiger partial charge is 0.493 e. The lowest BCUT2D eigenvalue weighted by Crippen LogP contribution is -2.56. The molecule has 180 valence electrons. The van der Waals surface area contributed by atoms with Crippen molar-refractivity contribution in [3.05, 3.63) is 59.7 Å². The molecule has 0 fully saturated rings. The number of hydrogen-bond donors (Lipinski definition) is 2. The first-order valence-electron chi connectivity index (χ1n) is 10.8. The quantitative estimate of drug-likeness (QED) is 0.307. The minimum atomic E-state index is -1.11. The van der Waals surface area contributed by atoms with Crippen molar-refractivity contribution in [3.8, 4) is 11.5 Å². The van der Waals surface area contributed by atoms with Gasteiger partial charge in [-0.1, -0.05) is 36.4 Å². The minimum absolute atomic E-state index is 0.123. The van der Waals surface area contributed by atoms with Crippen molar-refractivity contribution < 1.29 is 19.0 Å². The van der Waals surface area contributed by atoms with Crippen LogP contribution in [0.25, 0.3) is 0 Å². The highest BCUT2D eigenvalue weighted by molar-refractivity contribution is 7.80. The van der Waals surface area contributed by atoms with Crippen LogP contribution in [0.1, 0.15) is 38.8 Å². The lowest BCUT2D eigenvalue weighted by atomic mass is 9.96. The Labute approximate surface area is 202 Å². The van der Waals surface area contributed by atoms with Crippen LogP contribution in [0.5, 0.6) is 11.5 Å². The summed E-state index contributed by atoms with van der Waals surface area (Å²) in [6.07, 6.45) is 0.405. The van der Waals surface area contributed by atoms with Crippen molar-refractivity contribution in [3.63, 3.8) is 0 Å². The summed E-state index contributed by atoms with van der Waals surface area (Å²) in [6.45, 7) is 8.36. The molecule has 0 bridgehead atoms. The molecule has 2 aromatic carbocycles. The number of nitrogens with two attached hydrogens (primary N) is 2. The number of nitrogens with zero attached hydrogens (tertiary/aromatic N) is 1. The fourth-order valence-electron chi connectivity index (χ4n) is 3.27. The number of thiocarbonyl (C=S) groups is 1. The van der Waals surface area contributed by atoms with Gasteiger partial charge in [0.15, 0.2) is 22.3 Å². The van der Waals surface area contributed by atoms with Gasteiger partial charge in [-0.3, -0.25) is 4.79 Å². The third-order valence-corrected chi connectivity index (χ3v) is 5.30. The molecule has 0 aliphatic carbocycles. The van der Waals surface area contributed by atoms with E-state index in [4.69, 9.17) is 37.9 Å². The van der Waals surface area contributed by atoms with Crippen molar-refractivity contribution in [2.45, 2.75) is 46.4 Å². The van der Waals surface area contributed by atoms with Crippen molar-refractivity contribution in [2.24, 2.45) is 16.9 Å². The maximum atomic E-state index is 12.9. The third-order valence-electron chi connectivity index (χ3n) is 5.08. The number of rotatable bonds is 10. The van der Waals surface area contributed by atoms with Gasteiger partial charge in [-0.2, -0.15) is 0 Å². The monoisotopic (exact) mass is 473 g/mol. The minimum Gasteiger partial charge on any atom is -0.493 e. The molecular formula is C25H35N3O4S. The highest BCUT2D eigenvalue weighted by Gasteiger charge is 2.40. The molecule has 0 heterocycles. The van der Waals surface area contributed by atoms with Crippen LogP contribution in [0.2, 0.25) is 0 Å². The molecule has 8 heteroatoms. The van der Waals surface area contributed by atoms with E-state index in [1.54, 1.807) is 12.0 Å². The van der Waals surface area contributed by atoms with Crippen molar-refractivity contribution in [1.82, 2.24) is 4.90 Å². The Morgan fingerprint density at radius 3 is 2.24 bits per heavy atom. The Balaban J connectivity index is 2.42. The molecule has 1 atom stereocenters. The first-order valence-corrected chi connectivity index (χ1v) is 11.2. The van der Waals surface area contributed by atoms with Gasteiger partial charge in [0.05, 0.1) is 12.5 Å². The predicted molar refractivity (Wildman–Crippen MR) is 134 cm³/mol. The summed E-state index contributed by atoms with van der Waals surface area (Å²) in [4.78, 5) is 14.6. The molecule has 0 aliphatic heterocycles. The Morgan fingerprint density at radius 2 is 1.70 bits per heavy atom. The van der Waals surface area contributed by atoms with Crippen LogP contribution in [-0.2, 0) is 22.5 Å². The molecule has 0 radical (unpaired) electrons. The maximum absolute atomic E-state index is 12.9. The van der Waals surface area contributed by atoms with Crippen LogP contribution in [0.4, 0.5) is 0 Å². The summed E-state index contributed by atoms with van der Waals surface area (Å²) in [6, 6.07) is 15.3. The predicted octanol–water partition coefficient (Wildman–Crippen LogP) is 3.63. The molecule has 0 amide bonds. The van der Waals surface area contributed by atoms with Gasteiger partial charge >= 0.3 is 5.97 Å². The van der Waals surface area contributed by atoms with Crippen molar-refractivity contribution in [2.75, 3.05) is 20.3 Å². The summed E-state index contributed by atoms with van der Waals surface area (Å²) in [5.74, 6) is 0.824. The second-order valence-electron chi connectivity index (χ2n) is 9.02. The lowest BCUT2D eigenvalue weighted by molar-refractivity contribution is -0.183. The van der Waals surface area contributed by atoms with Crippen LogP contribution < -0.4 is 20.9 Å². The Kier molecular flexibility index (Phi) is 9.07. The number of methoxy groups -OCH3 is 1. The molecule has 0 aromatic heterocycles. The van der Waals surface area contributed by atoms with E-state index in [0.29, 0.717) is 37.6 Å². The summed E-state index contributed by atoms with van der Waals surface area (Å²) in [7, 11) is 1.57. The molecule has 33 heavy (non-hydrogen) atoms. The van der Waals surface area contributed by atoms with E-state index >= 15 is 0 Å². The number of carbonyl (C=O) groups excluding carboxylic acids is 1. The fraction of sp³-hybridized carbons (Fsp3) is 0.440. The van der Waals surface area contributed by atoms with Crippen LogP contribution in [0, 0.1) is 5.41 Å². The van der Waals surface area contributed by atoms with Gasteiger partial charge in [0.25, 0.3) is 0 Å². The number of ether oxygens (including phenoxy) is 3. The van der Waals surface area contributed by atoms with Gasteiger partial charge in [0.1, 0.15) is 6.61 Å². The molecule has 2 rings (SSSR count). The van der Waals surface area contributed by atoms with Crippen LogP contribution >= 0.6 is 12.2 Å². The molecule has 0 saturated carbocycles. The zero-order chi connectivity index (χ0) is 24.6. The van der Waals surface area contributed by atoms with Crippen LogP contribution in [0.15, 0.2) is 48.5 Å². The van der Waals surface area contributed by atoms with Gasteiger partial charge < -0.3 is 30.6 Å². The van der Waals surface area contributed by atoms with Crippen LogP contribution in [-0.4, -0.2) is 42.0 Å². The molecule has 7 nitrogen and oxygen atoms in total. The summed E-state index contributed by atoms with van der Waals surface area (Å²) >= 11 is 5.41. The fourth-order valence-corrected chi connectivity index (χ4v) is 3.53. The topological polar surface area (TPSA) is 100 Å². The average molecular weight is 474 g/mol. The molecule has 0 unspecified atom stereocenters. The average Bonchev–Trinajstić information content (AvgIpc) is 2.75. The normalized spacial score (nSPS) is 13.0. The van der Waals surface area contributed by atoms with Crippen molar-refractivity contribution >= 4 is 23.3 Å². The first kappa shape index (κ1) is 26.4. The van der Waals surface area contributed by atoms with Gasteiger partial charge in [-0.05, 0) is 63.2 Å². The van der Waals surface area contributed by atoms with Gasteiger partial charge in [0.2, 0.25) is 0 Å². The number of esters is 1. The molecule has 0 saturated heterocycles. The van der Waals surface area contributed by atoms with E-state index in [1.165, 1.54) is 0 Å².